The van der Waals surface area contributed by atoms with E-state index in [1.165, 1.54) is 0 Å². The molecule has 0 heterocycles. The normalized spacial score (nSPS) is 11.7. The monoisotopic (exact) mass is 367 g/mol. The van der Waals surface area contributed by atoms with Gasteiger partial charge < -0.3 is 4.74 Å². The first-order chi connectivity index (χ1) is 11.3. The zero-order valence-corrected chi connectivity index (χ0v) is 12.2. The number of benzene rings is 1. The number of nitrogens with zero attached hydrogens (tertiary/aromatic N) is 3. The zero-order chi connectivity index (χ0) is 19.6. The summed E-state index contributed by atoms with van der Waals surface area (Å²) >= 11 is 0. The van der Waals surface area contributed by atoms with Crippen molar-refractivity contribution in [2.24, 2.45) is 0 Å². The molecule has 1 aromatic rings. The number of esters is 1. The Balaban J connectivity index is 3.17. The number of hydrogen-bond acceptors (Lipinski definition) is 8. The zero-order valence-electron chi connectivity index (χ0n) is 12.2. The molecule has 1 aromatic carbocycles. The molecule has 0 atom stereocenters. The molecule has 0 bridgehead atoms. The molecule has 0 fully saturated rings. The van der Waals surface area contributed by atoms with Gasteiger partial charge in [0.1, 0.15) is 9.85 Å². The first-order valence-electron chi connectivity index (χ1n) is 6.12. The molecule has 0 aromatic heterocycles. The molecule has 0 aliphatic rings. The number of nitro groups is 3. The van der Waals surface area contributed by atoms with Crippen LogP contribution in [0.3, 0.4) is 0 Å². The number of nitro benzene ring substituents is 1. The molecule has 14 heteroatoms. The minimum atomic E-state index is -5.02. The molecule has 0 aliphatic carbocycles. The Labute approximate surface area is 135 Å². The maximum absolute atomic E-state index is 12.7. The van der Waals surface area contributed by atoms with Crippen molar-refractivity contribution in [3.05, 3.63) is 59.7 Å². The summed E-state index contributed by atoms with van der Waals surface area (Å²) in [6, 6.07) is 0.854. The fraction of sp³-hybridized carbons (Fsp3) is 0.364. The van der Waals surface area contributed by atoms with Crippen LogP contribution in [-0.2, 0) is 10.9 Å². The van der Waals surface area contributed by atoms with Gasteiger partial charge in [0.05, 0.1) is 23.0 Å². The summed E-state index contributed by atoms with van der Waals surface area (Å²) in [5.41, 5.74) is -6.47. The topological polar surface area (TPSA) is 156 Å². The quantitative estimate of drug-likeness (QED) is 0.320. The van der Waals surface area contributed by atoms with E-state index in [2.05, 4.69) is 4.74 Å². The number of alkyl halides is 3. The van der Waals surface area contributed by atoms with Crippen LogP contribution in [-0.4, -0.2) is 33.0 Å². The number of carbonyl (C=O) groups is 1. The van der Waals surface area contributed by atoms with Crippen LogP contribution in [0.25, 0.3) is 0 Å². The average molecular weight is 367 g/mol. The highest BCUT2D eigenvalue weighted by atomic mass is 19.4. The van der Waals surface area contributed by atoms with Crippen LogP contribution in [0, 0.1) is 30.3 Å². The van der Waals surface area contributed by atoms with Crippen LogP contribution in [0.2, 0.25) is 0 Å². The van der Waals surface area contributed by atoms with Crippen molar-refractivity contribution in [1.29, 1.82) is 0 Å². The van der Waals surface area contributed by atoms with Gasteiger partial charge in [0.25, 0.3) is 5.69 Å². The van der Waals surface area contributed by atoms with E-state index in [1.54, 1.807) is 0 Å². The second-order valence-electron chi connectivity index (χ2n) is 4.83. The summed E-state index contributed by atoms with van der Waals surface area (Å²) in [5, 5.41) is 32.0. The summed E-state index contributed by atoms with van der Waals surface area (Å²) < 4.78 is 42.4. The van der Waals surface area contributed by atoms with Gasteiger partial charge in [-0.2, -0.15) is 13.2 Å². The third kappa shape index (κ3) is 4.36. The van der Waals surface area contributed by atoms with E-state index >= 15 is 0 Å². The maximum atomic E-state index is 12.7. The van der Waals surface area contributed by atoms with Crippen LogP contribution in [0.1, 0.15) is 22.8 Å². The molecule has 0 saturated heterocycles. The van der Waals surface area contributed by atoms with E-state index < -0.39 is 56.0 Å². The Hall–Kier alpha value is -3.32. The highest BCUT2D eigenvalue weighted by Crippen LogP contribution is 2.32. The molecule has 11 nitrogen and oxygen atoms in total. The fourth-order valence-electron chi connectivity index (χ4n) is 1.46. The standard InChI is InChI=1S/C11H8F3N3O8/c1-10(16(21)22,17(23)24)5-25-9(18)6-2-7(11(12,13)14)4-8(3-6)15(19)20/h2-4H,5H2,1H3. The number of halogens is 3. The maximum Gasteiger partial charge on any atom is 0.488 e. The van der Waals surface area contributed by atoms with Gasteiger partial charge in [-0.15, -0.1) is 0 Å². The van der Waals surface area contributed by atoms with Crippen LogP contribution in [0.4, 0.5) is 18.9 Å². The summed E-state index contributed by atoms with van der Waals surface area (Å²) in [4.78, 5) is 39.8. The molecule has 0 amide bonds. The van der Waals surface area contributed by atoms with Gasteiger partial charge in [-0.05, 0) is 6.07 Å². The summed E-state index contributed by atoms with van der Waals surface area (Å²) in [5.74, 6) is -1.62. The largest absolute Gasteiger partial charge is 0.488 e. The first-order valence-corrected chi connectivity index (χ1v) is 6.12. The van der Waals surface area contributed by atoms with Gasteiger partial charge in [-0.1, -0.05) is 0 Å². The lowest BCUT2D eigenvalue weighted by molar-refractivity contribution is -0.793. The summed E-state index contributed by atoms with van der Waals surface area (Å²) in [7, 11) is 0. The van der Waals surface area contributed by atoms with Crippen molar-refractivity contribution in [1.82, 2.24) is 0 Å². The van der Waals surface area contributed by atoms with Crippen molar-refractivity contribution >= 4 is 11.7 Å². The van der Waals surface area contributed by atoms with Gasteiger partial charge in [0, 0.05) is 12.1 Å². The molecule has 0 unspecified atom stereocenters. The Morgan fingerprint density at radius 1 is 1.08 bits per heavy atom. The molecule has 0 aliphatic heterocycles. The molecule has 136 valence electrons. The van der Waals surface area contributed by atoms with E-state index in [-0.39, 0.29) is 12.1 Å². The summed E-state index contributed by atoms with van der Waals surface area (Å²) in [6.07, 6.45) is -5.02. The minimum absolute atomic E-state index is 0.176. The van der Waals surface area contributed by atoms with E-state index in [4.69, 9.17) is 0 Å². The van der Waals surface area contributed by atoms with Gasteiger partial charge in [0.15, 0.2) is 0 Å². The lowest BCUT2D eigenvalue weighted by Crippen LogP contribution is -2.47. The molecular weight excluding hydrogens is 359 g/mol. The fourth-order valence-corrected chi connectivity index (χ4v) is 1.46. The highest BCUT2D eigenvalue weighted by Gasteiger charge is 2.52. The first kappa shape index (κ1) is 19.7. The van der Waals surface area contributed by atoms with Crippen LogP contribution < -0.4 is 0 Å². The molecule has 0 radical (unpaired) electrons. The molecule has 1 rings (SSSR count). The Morgan fingerprint density at radius 3 is 2.00 bits per heavy atom. The van der Waals surface area contributed by atoms with Crippen LogP contribution in [0.5, 0.6) is 0 Å². The highest BCUT2D eigenvalue weighted by molar-refractivity contribution is 5.90. The van der Waals surface area contributed by atoms with Gasteiger partial charge in [-0.25, -0.2) is 4.79 Å². The smallest absolute Gasteiger partial charge is 0.446 e. The third-order valence-corrected chi connectivity index (χ3v) is 2.95. The van der Waals surface area contributed by atoms with Crippen molar-refractivity contribution in [2.75, 3.05) is 6.61 Å². The van der Waals surface area contributed by atoms with Crippen molar-refractivity contribution < 1.29 is 37.5 Å². The lowest BCUT2D eigenvalue weighted by atomic mass is 10.1. The average Bonchev–Trinajstić information content (AvgIpc) is 2.50. The number of hydrogen-bond donors (Lipinski definition) is 0. The van der Waals surface area contributed by atoms with Crippen LogP contribution in [0.15, 0.2) is 18.2 Å². The van der Waals surface area contributed by atoms with Gasteiger partial charge in [0.2, 0.25) is 6.61 Å². The minimum Gasteiger partial charge on any atom is -0.446 e. The van der Waals surface area contributed by atoms with E-state index in [1.807, 2.05) is 0 Å². The predicted molar refractivity (Wildman–Crippen MR) is 70.8 cm³/mol. The number of carbonyl (C=O) groups excluding carboxylic acids is 1. The van der Waals surface area contributed by atoms with E-state index in [0.29, 0.717) is 13.0 Å². The molecule has 0 N–H and O–H groups in total. The second kappa shape index (κ2) is 6.66. The lowest BCUT2D eigenvalue weighted by Gasteiger charge is -2.13. The van der Waals surface area contributed by atoms with E-state index in [9.17, 15) is 48.3 Å². The molecular formula is C11H8F3N3O8. The Kier molecular flexibility index (Phi) is 5.25. The summed E-state index contributed by atoms with van der Waals surface area (Å²) in [6.45, 7) is -0.870. The van der Waals surface area contributed by atoms with Crippen molar-refractivity contribution in [3.8, 4) is 0 Å². The molecule has 0 saturated carbocycles. The molecule has 0 spiro atoms. The SMILES string of the molecule is CC(COC(=O)c1cc([N+](=O)[O-])cc(C(F)(F)F)c1)([N+](=O)[O-])[N+](=O)[O-]. The predicted octanol–water partition coefficient (Wildman–Crippen LogP) is 2.04. The molecule has 25 heavy (non-hydrogen) atoms. The Morgan fingerprint density at radius 2 is 1.60 bits per heavy atom. The number of ether oxygens (including phenoxy) is 1. The third-order valence-electron chi connectivity index (χ3n) is 2.95. The second-order valence-corrected chi connectivity index (χ2v) is 4.83. The van der Waals surface area contributed by atoms with Crippen molar-refractivity contribution in [3.63, 3.8) is 0 Å². The Bertz CT molecular complexity index is 735. The van der Waals surface area contributed by atoms with Crippen molar-refractivity contribution in [2.45, 2.75) is 18.8 Å². The number of rotatable bonds is 6. The van der Waals surface area contributed by atoms with Crippen LogP contribution >= 0.6 is 0 Å². The van der Waals surface area contributed by atoms with E-state index in [0.717, 1.165) is 0 Å². The van der Waals surface area contributed by atoms with Gasteiger partial charge >= 0.3 is 17.8 Å². The number of non-ortho nitro benzene ring substituents is 1. The van der Waals surface area contributed by atoms with Gasteiger partial charge in [-0.3, -0.25) is 30.3 Å².